The van der Waals surface area contributed by atoms with Crippen LogP contribution in [0.2, 0.25) is 0 Å². The molecule has 0 saturated carbocycles. The molecule has 1 amide bonds. The topological polar surface area (TPSA) is 45.5 Å². The third kappa shape index (κ3) is 4.16. The second kappa shape index (κ2) is 6.24. The molecule has 0 spiro atoms. The highest BCUT2D eigenvalue weighted by Gasteiger charge is 2.09. The molecule has 4 nitrogen and oxygen atoms in total. The quantitative estimate of drug-likeness (QED) is 0.718. The molecule has 15 heavy (non-hydrogen) atoms. The van der Waals surface area contributed by atoms with Gasteiger partial charge in [-0.05, 0) is 25.1 Å². The fourth-order valence-electron chi connectivity index (χ4n) is 1.23. The van der Waals surface area contributed by atoms with E-state index >= 15 is 0 Å². The van der Waals surface area contributed by atoms with Crippen molar-refractivity contribution in [2.45, 2.75) is 19.9 Å². The van der Waals surface area contributed by atoms with Crippen LogP contribution in [0.1, 0.15) is 19.1 Å². The first-order valence-electron chi connectivity index (χ1n) is 5.21. The minimum atomic E-state index is 0.0832. The van der Waals surface area contributed by atoms with Crippen molar-refractivity contribution in [2.24, 2.45) is 0 Å². The molecule has 0 aromatic carbocycles. The number of nitrogens with zero attached hydrogens (tertiary/aromatic N) is 1. The van der Waals surface area contributed by atoms with Crippen molar-refractivity contribution in [3.63, 3.8) is 0 Å². The Labute approximate surface area is 90.3 Å². The van der Waals surface area contributed by atoms with E-state index in [1.165, 1.54) is 0 Å². The summed E-state index contributed by atoms with van der Waals surface area (Å²) in [5.74, 6) is 0.890. The molecule has 1 aromatic heterocycles. The molecular formula is C11H18N2O2. The second-order valence-electron chi connectivity index (χ2n) is 3.51. The van der Waals surface area contributed by atoms with Gasteiger partial charge < -0.3 is 14.6 Å². The van der Waals surface area contributed by atoms with E-state index in [4.69, 9.17) is 4.42 Å². The minimum Gasteiger partial charge on any atom is -0.467 e. The van der Waals surface area contributed by atoms with E-state index in [2.05, 4.69) is 12.2 Å². The van der Waals surface area contributed by atoms with E-state index in [0.717, 1.165) is 18.7 Å². The highest BCUT2D eigenvalue weighted by molar-refractivity contribution is 5.77. The molecule has 0 atom stereocenters. The highest BCUT2D eigenvalue weighted by Crippen LogP contribution is 2.03. The van der Waals surface area contributed by atoms with Crippen LogP contribution in [-0.4, -0.2) is 30.9 Å². The van der Waals surface area contributed by atoms with Crippen LogP contribution in [0.3, 0.4) is 0 Å². The van der Waals surface area contributed by atoms with Crippen LogP contribution in [0.15, 0.2) is 22.8 Å². The van der Waals surface area contributed by atoms with Gasteiger partial charge >= 0.3 is 0 Å². The standard InChI is InChI=1S/C11H18N2O2/c1-3-6-12-8-11(14)13(2)9-10-5-4-7-15-10/h4-5,7,12H,3,6,8-9H2,1-2H3. The number of likely N-dealkylation sites (N-methyl/N-ethyl adjacent to an activating group) is 1. The zero-order valence-electron chi connectivity index (χ0n) is 9.32. The maximum atomic E-state index is 11.6. The van der Waals surface area contributed by atoms with Gasteiger partial charge in [0.15, 0.2) is 0 Å². The Hall–Kier alpha value is -1.29. The molecule has 0 unspecified atom stereocenters. The predicted molar refractivity (Wildman–Crippen MR) is 58.3 cm³/mol. The third-order valence-electron chi connectivity index (χ3n) is 2.10. The number of hydrogen-bond donors (Lipinski definition) is 1. The fourth-order valence-corrected chi connectivity index (χ4v) is 1.23. The normalized spacial score (nSPS) is 10.3. The first kappa shape index (κ1) is 11.8. The lowest BCUT2D eigenvalue weighted by atomic mass is 10.4. The van der Waals surface area contributed by atoms with E-state index in [9.17, 15) is 4.79 Å². The van der Waals surface area contributed by atoms with E-state index in [0.29, 0.717) is 13.1 Å². The summed E-state index contributed by atoms with van der Waals surface area (Å²) in [7, 11) is 1.78. The number of rotatable bonds is 6. The van der Waals surface area contributed by atoms with Crippen molar-refractivity contribution in [1.82, 2.24) is 10.2 Å². The Morgan fingerprint density at radius 1 is 1.60 bits per heavy atom. The van der Waals surface area contributed by atoms with Crippen molar-refractivity contribution in [3.05, 3.63) is 24.2 Å². The third-order valence-corrected chi connectivity index (χ3v) is 2.10. The number of amides is 1. The molecule has 1 N–H and O–H groups in total. The lowest BCUT2D eigenvalue weighted by Gasteiger charge is -2.15. The van der Waals surface area contributed by atoms with Gasteiger partial charge in [0.05, 0.1) is 19.4 Å². The van der Waals surface area contributed by atoms with Gasteiger partial charge in [0.25, 0.3) is 0 Å². The van der Waals surface area contributed by atoms with Crippen LogP contribution >= 0.6 is 0 Å². The Morgan fingerprint density at radius 3 is 3.00 bits per heavy atom. The molecule has 1 aromatic rings. The van der Waals surface area contributed by atoms with Crippen molar-refractivity contribution < 1.29 is 9.21 Å². The van der Waals surface area contributed by atoms with Crippen LogP contribution in [0.5, 0.6) is 0 Å². The predicted octanol–water partition coefficient (Wildman–Crippen LogP) is 1.24. The maximum Gasteiger partial charge on any atom is 0.236 e. The van der Waals surface area contributed by atoms with Crippen LogP contribution < -0.4 is 5.32 Å². The van der Waals surface area contributed by atoms with E-state index in [1.54, 1.807) is 18.2 Å². The SMILES string of the molecule is CCCNCC(=O)N(C)Cc1ccco1. The minimum absolute atomic E-state index is 0.0832. The molecule has 84 valence electrons. The van der Waals surface area contributed by atoms with E-state index < -0.39 is 0 Å². The lowest BCUT2D eigenvalue weighted by molar-refractivity contribution is -0.129. The number of hydrogen-bond acceptors (Lipinski definition) is 3. The smallest absolute Gasteiger partial charge is 0.236 e. The van der Waals surface area contributed by atoms with Crippen molar-refractivity contribution >= 4 is 5.91 Å². The number of carbonyl (C=O) groups is 1. The molecule has 0 radical (unpaired) electrons. The zero-order chi connectivity index (χ0) is 11.1. The number of carbonyl (C=O) groups excluding carboxylic acids is 1. The maximum absolute atomic E-state index is 11.6. The second-order valence-corrected chi connectivity index (χ2v) is 3.51. The molecule has 0 fully saturated rings. The van der Waals surface area contributed by atoms with Crippen molar-refractivity contribution in [3.8, 4) is 0 Å². The molecule has 0 saturated heterocycles. The zero-order valence-corrected chi connectivity index (χ0v) is 9.32. The summed E-state index contributed by atoms with van der Waals surface area (Å²) in [6.45, 7) is 3.87. The average molecular weight is 210 g/mol. The number of nitrogens with one attached hydrogen (secondary N) is 1. The van der Waals surface area contributed by atoms with Gasteiger partial charge in [-0.3, -0.25) is 4.79 Å². The largest absolute Gasteiger partial charge is 0.467 e. The summed E-state index contributed by atoms with van der Waals surface area (Å²) in [6, 6.07) is 3.69. The van der Waals surface area contributed by atoms with E-state index in [1.807, 2.05) is 12.1 Å². The fraction of sp³-hybridized carbons (Fsp3) is 0.545. The summed E-state index contributed by atoms with van der Waals surface area (Å²) in [6.07, 6.45) is 2.65. The van der Waals surface area contributed by atoms with Gasteiger partial charge in [0, 0.05) is 7.05 Å². The highest BCUT2D eigenvalue weighted by atomic mass is 16.3. The van der Waals surface area contributed by atoms with Gasteiger partial charge in [0.1, 0.15) is 5.76 Å². The Balaban J connectivity index is 2.27. The van der Waals surface area contributed by atoms with Crippen LogP contribution in [0.25, 0.3) is 0 Å². The summed E-state index contributed by atoms with van der Waals surface area (Å²) >= 11 is 0. The summed E-state index contributed by atoms with van der Waals surface area (Å²) in [5.41, 5.74) is 0. The average Bonchev–Trinajstić information content (AvgIpc) is 2.70. The van der Waals surface area contributed by atoms with Crippen LogP contribution in [-0.2, 0) is 11.3 Å². The van der Waals surface area contributed by atoms with Crippen molar-refractivity contribution in [2.75, 3.05) is 20.1 Å². The summed E-state index contributed by atoms with van der Waals surface area (Å²) in [4.78, 5) is 13.2. The van der Waals surface area contributed by atoms with Gasteiger partial charge in [-0.1, -0.05) is 6.92 Å². The summed E-state index contributed by atoms with van der Waals surface area (Å²) in [5, 5.41) is 3.07. The monoisotopic (exact) mass is 210 g/mol. The van der Waals surface area contributed by atoms with Gasteiger partial charge in [-0.15, -0.1) is 0 Å². The molecular weight excluding hydrogens is 192 g/mol. The first-order chi connectivity index (χ1) is 7.24. The molecule has 4 heteroatoms. The Kier molecular flexibility index (Phi) is 4.90. The molecule has 1 heterocycles. The molecule has 0 aliphatic rings. The molecule has 0 aliphatic heterocycles. The lowest BCUT2D eigenvalue weighted by Crippen LogP contribution is -2.35. The van der Waals surface area contributed by atoms with Crippen LogP contribution in [0.4, 0.5) is 0 Å². The van der Waals surface area contributed by atoms with Crippen LogP contribution in [0, 0.1) is 0 Å². The molecule has 0 bridgehead atoms. The van der Waals surface area contributed by atoms with Gasteiger partial charge in [-0.25, -0.2) is 0 Å². The summed E-state index contributed by atoms with van der Waals surface area (Å²) < 4.78 is 5.17. The first-order valence-corrected chi connectivity index (χ1v) is 5.21. The van der Waals surface area contributed by atoms with Crippen molar-refractivity contribution in [1.29, 1.82) is 0 Å². The Bertz CT molecular complexity index is 283. The van der Waals surface area contributed by atoms with E-state index in [-0.39, 0.29) is 5.91 Å². The molecule has 0 aliphatic carbocycles. The van der Waals surface area contributed by atoms with Gasteiger partial charge in [0.2, 0.25) is 5.91 Å². The van der Waals surface area contributed by atoms with Gasteiger partial charge in [-0.2, -0.15) is 0 Å². The Morgan fingerprint density at radius 2 is 2.40 bits per heavy atom. The number of furan rings is 1. The molecule has 1 rings (SSSR count).